The predicted octanol–water partition coefficient (Wildman–Crippen LogP) is 3.01. The summed E-state index contributed by atoms with van der Waals surface area (Å²) in [4.78, 5) is 6.95. The molecular weight excluding hydrogens is 258 g/mol. The van der Waals surface area contributed by atoms with E-state index in [2.05, 4.69) is 57.7 Å². The lowest BCUT2D eigenvalue weighted by Gasteiger charge is -2.16. The second-order valence-corrected chi connectivity index (χ2v) is 5.63. The summed E-state index contributed by atoms with van der Waals surface area (Å²) in [7, 11) is 0. The van der Waals surface area contributed by atoms with Crippen LogP contribution in [0.3, 0.4) is 0 Å². The van der Waals surface area contributed by atoms with Crippen LogP contribution in [0, 0.1) is 0 Å². The molecule has 0 atom stereocenters. The summed E-state index contributed by atoms with van der Waals surface area (Å²) in [6.07, 6.45) is 5.66. The Hall–Kier alpha value is -1.87. The van der Waals surface area contributed by atoms with Crippen molar-refractivity contribution in [3.05, 3.63) is 59.8 Å². The molecule has 1 fully saturated rings. The first-order valence-corrected chi connectivity index (χ1v) is 7.86. The van der Waals surface area contributed by atoms with Gasteiger partial charge in [0, 0.05) is 25.8 Å². The van der Waals surface area contributed by atoms with Crippen LogP contribution in [-0.4, -0.2) is 24.6 Å². The summed E-state index contributed by atoms with van der Waals surface area (Å²) in [6, 6.07) is 14.9. The highest BCUT2D eigenvalue weighted by atomic mass is 15.2. The van der Waals surface area contributed by atoms with Gasteiger partial charge >= 0.3 is 0 Å². The number of nitrogens with zero attached hydrogens (tertiary/aromatic N) is 2. The number of hydrogen-bond acceptors (Lipinski definition) is 3. The highest BCUT2D eigenvalue weighted by molar-refractivity contribution is 5.40. The minimum absolute atomic E-state index is 0.889. The summed E-state index contributed by atoms with van der Waals surface area (Å²) >= 11 is 0. The van der Waals surface area contributed by atoms with E-state index < -0.39 is 0 Å². The van der Waals surface area contributed by atoms with Gasteiger partial charge in [0.15, 0.2) is 0 Å². The minimum atomic E-state index is 0.889. The van der Waals surface area contributed by atoms with E-state index in [-0.39, 0.29) is 0 Å². The van der Waals surface area contributed by atoms with E-state index in [1.807, 2.05) is 6.20 Å². The second-order valence-electron chi connectivity index (χ2n) is 5.63. The van der Waals surface area contributed by atoms with Gasteiger partial charge in [0.25, 0.3) is 0 Å². The molecule has 0 unspecified atom stereocenters. The highest BCUT2D eigenvalue weighted by Crippen LogP contribution is 2.17. The molecule has 2 aromatic rings. The number of rotatable bonds is 6. The van der Waals surface area contributed by atoms with Crippen LogP contribution in [0.5, 0.6) is 0 Å². The second kappa shape index (κ2) is 7.23. The van der Waals surface area contributed by atoms with Gasteiger partial charge in [0.1, 0.15) is 5.82 Å². The third-order valence-electron chi connectivity index (χ3n) is 4.00. The SMILES string of the molecule is c1ccc(CCNCc2ccc(N3CCCC3)nc2)cc1. The zero-order valence-electron chi connectivity index (χ0n) is 12.5. The van der Waals surface area contributed by atoms with Gasteiger partial charge < -0.3 is 10.2 Å². The zero-order valence-corrected chi connectivity index (χ0v) is 12.5. The molecule has 1 aromatic carbocycles. The first-order chi connectivity index (χ1) is 10.4. The summed E-state index contributed by atoms with van der Waals surface area (Å²) in [5.41, 5.74) is 2.64. The number of pyridine rings is 1. The van der Waals surface area contributed by atoms with E-state index in [1.165, 1.54) is 24.0 Å². The average molecular weight is 281 g/mol. The molecular formula is C18H23N3. The van der Waals surface area contributed by atoms with E-state index >= 15 is 0 Å². The number of anilines is 1. The Balaban J connectivity index is 1.43. The van der Waals surface area contributed by atoms with Crippen LogP contribution in [0.15, 0.2) is 48.7 Å². The Labute approximate surface area is 127 Å². The predicted molar refractivity (Wildman–Crippen MR) is 87.5 cm³/mol. The lowest BCUT2D eigenvalue weighted by Crippen LogP contribution is -2.19. The van der Waals surface area contributed by atoms with Gasteiger partial charge in [-0.15, -0.1) is 0 Å². The lowest BCUT2D eigenvalue weighted by atomic mass is 10.1. The number of benzene rings is 1. The maximum atomic E-state index is 4.58. The largest absolute Gasteiger partial charge is 0.357 e. The topological polar surface area (TPSA) is 28.2 Å². The van der Waals surface area contributed by atoms with Crippen LogP contribution in [0.1, 0.15) is 24.0 Å². The van der Waals surface area contributed by atoms with Gasteiger partial charge in [-0.3, -0.25) is 0 Å². The molecule has 1 N–H and O–H groups in total. The van der Waals surface area contributed by atoms with Crippen LogP contribution in [0.25, 0.3) is 0 Å². The van der Waals surface area contributed by atoms with Crippen molar-refractivity contribution in [2.24, 2.45) is 0 Å². The molecule has 0 saturated carbocycles. The van der Waals surface area contributed by atoms with Crippen molar-refractivity contribution >= 4 is 5.82 Å². The first-order valence-electron chi connectivity index (χ1n) is 7.86. The Morgan fingerprint density at radius 2 is 1.76 bits per heavy atom. The van der Waals surface area contributed by atoms with Crippen LogP contribution in [0.4, 0.5) is 5.82 Å². The molecule has 0 radical (unpaired) electrons. The molecule has 2 heterocycles. The number of hydrogen-bond donors (Lipinski definition) is 1. The monoisotopic (exact) mass is 281 g/mol. The van der Waals surface area contributed by atoms with Gasteiger partial charge in [-0.25, -0.2) is 4.98 Å². The molecule has 3 heteroatoms. The summed E-state index contributed by atoms with van der Waals surface area (Å²) < 4.78 is 0. The minimum Gasteiger partial charge on any atom is -0.357 e. The molecule has 110 valence electrons. The Morgan fingerprint density at radius 3 is 2.48 bits per heavy atom. The first kappa shape index (κ1) is 14.1. The van der Waals surface area contributed by atoms with Gasteiger partial charge in [0.05, 0.1) is 0 Å². The van der Waals surface area contributed by atoms with Crippen molar-refractivity contribution in [1.82, 2.24) is 10.3 Å². The smallest absolute Gasteiger partial charge is 0.128 e. The Morgan fingerprint density at radius 1 is 0.952 bits per heavy atom. The van der Waals surface area contributed by atoms with Gasteiger partial charge in [-0.1, -0.05) is 36.4 Å². The molecule has 3 rings (SSSR count). The van der Waals surface area contributed by atoms with Crippen molar-refractivity contribution in [1.29, 1.82) is 0 Å². The van der Waals surface area contributed by atoms with E-state index in [4.69, 9.17) is 0 Å². The van der Waals surface area contributed by atoms with E-state index in [9.17, 15) is 0 Å². The quantitative estimate of drug-likeness (QED) is 0.825. The molecule has 1 saturated heterocycles. The third kappa shape index (κ3) is 4.05. The zero-order chi connectivity index (χ0) is 14.3. The van der Waals surface area contributed by atoms with Gasteiger partial charge in [0.2, 0.25) is 0 Å². The number of nitrogens with one attached hydrogen (secondary N) is 1. The van der Waals surface area contributed by atoms with Crippen molar-refractivity contribution in [3.8, 4) is 0 Å². The van der Waals surface area contributed by atoms with Crippen LogP contribution in [0.2, 0.25) is 0 Å². The van der Waals surface area contributed by atoms with Crippen molar-refractivity contribution in [2.75, 3.05) is 24.5 Å². The van der Waals surface area contributed by atoms with Crippen LogP contribution in [-0.2, 0) is 13.0 Å². The maximum absolute atomic E-state index is 4.58. The molecule has 21 heavy (non-hydrogen) atoms. The molecule has 1 aliphatic rings. The third-order valence-corrected chi connectivity index (χ3v) is 4.00. The fourth-order valence-corrected chi connectivity index (χ4v) is 2.76. The van der Waals surface area contributed by atoms with Gasteiger partial charge in [-0.2, -0.15) is 0 Å². The lowest BCUT2D eigenvalue weighted by molar-refractivity contribution is 0.685. The standard InChI is InChI=1S/C18H23N3/c1-2-6-16(7-3-1)10-11-19-14-17-8-9-18(20-15-17)21-12-4-5-13-21/h1-3,6-9,15,19H,4-5,10-14H2. The highest BCUT2D eigenvalue weighted by Gasteiger charge is 2.12. The van der Waals surface area contributed by atoms with E-state index in [1.54, 1.807) is 0 Å². The van der Waals surface area contributed by atoms with Crippen LogP contribution < -0.4 is 10.2 Å². The molecule has 1 aliphatic heterocycles. The molecule has 1 aromatic heterocycles. The molecule has 0 amide bonds. The normalized spacial score (nSPS) is 14.6. The van der Waals surface area contributed by atoms with Gasteiger partial charge in [-0.05, 0) is 43.0 Å². The van der Waals surface area contributed by atoms with Crippen molar-refractivity contribution in [3.63, 3.8) is 0 Å². The van der Waals surface area contributed by atoms with Crippen molar-refractivity contribution < 1.29 is 0 Å². The van der Waals surface area contributed by atoms with Crippen molar-refractivity contribution in [2.45, 2.75) is 25.8 Å². The fourth-order valence-electron chi connectivity index (χ4n) is 2.76. The number of aromatic nitrogens is 1. The molecule has 0 bridgehead atoms. The summed E-state index contributed by atoms with van der Waals surface area (Å²) in [5, 5.41) is 3.49. The Kier molecular flexibility index (Phi) is 4.85. The summed E-state index contributed by atoms with van der Waals surface area (Å²) in [6.45, 7) is 4.20. The Bertz CT molecular complexity index is 530. The van der Waals surface area contributed by atoms with E-state index in [0.717, 1.165) is 38.4 Å². The van der Waals surface area contributed by atoms with E-state index in [0.29, 0.717) is 0 Å². The van der Waals surface area contributed by atoms with Crippen LogP contribution >= 0.6 is 0 Å². The molecule has 0 aliphatic carbocycles. The average Bonchev–Trinajstić information content (AvgIpc) is 3.08. The maximum Gasteiger partial charge on any atom is 0.128 e. The summed E-state index contributed by atoms with van der Waals surface area (Å²) in [5.74, 6) is 1.13. The molecule has 3 nitrogen and oxygen atoms in total. The fraction of sp³-hybridized carbons (Fsp3) is 0.389. The molecule has 0 spiro atoms.